The molecule has 3 aromatic rings. The summed E-state index contributed by atoms with van der Waals surface area (Å²) in [7, 11) is -3.96. The summed E-state index contributed by atoms with van der Waals surface area (Å²) < 4.78 is 34.7. The van der Waals surface area contributed by atoms with E-state index in [1.807, 2.05) is 52.0 Å². The maximum absolute atomic E-state index is 13.0. The molecule has 0 saturated carbocycles. The Morgan fingerprint density at radius 3 is 2.62 bits per heavy atom. The van der Waals surface area contributed by atoms with E-state index in [4.69, 9.17) is 4.74 Å². The molecule has 2 N–H and O–H groups in total. The molecule has 4 rings (SSSR count). The maximum Gasteiger partial charge on any atom is 0.270 e. The van der Waals surface area contributed by atoms with Crippen molar-refractivity contribution in [3.63, 3.8) is 0 Å². The van der Waals surface area contributed by atoms with E-state index in [1.54, 1.807) is 18.2 Å². The van der Waals surface area contributed by atoms with Crippen molar-refractivity contribution in [1.29, 1.82) is 0 Å². The van der Waals surface area contributed by atoms with Crippen molar-refractivity contribution in [2.45, 2.75) is 50.1 Å². The minimum absolute atomic E-state index is 0.111. The summed E-state index contributed by atoms with van der Waals surface area (Å²) in [4.78, 5) is 12.4. The first kappa shape index (κ1) is 22.4. The lowest BCUT2D eigenvalue weighted by molar-refractivity contribution is 0.0701. The zero-order valence-electron chi connectivity index (χ0n) is 18.2. The number of nitrogens with zero attached hydrogens (tertiary/aromatic N) is 2. The molecule has 0 fully saturated rings. The van der Waals surface area contributed by atoms with Crippen LogP contribution < -0.4 is 14.8 Å². The van der Waals surface area contributed by atoms with Gasteiger partial charge in [0.2, 0.25) is 9.47 Å². The average Bonchev–Trinajstić information content (AvgIpc) is 3.16. The van der Waals surface area contributed by atoms with Crippen molar-refractivity contribution in [3.05, 3.63) is 64.7 Å². The van der Waals surface area contributed by atoms with Gasteiger partial charge in [-0.3, -0.25) is 10.1 Å². The smallest absolute Gasteiger partial charge is 0.270 e. The molecule has 0 spiro atoms. The summed E-state index contributed by atoms with van der Waals surface area (Å²) in [5, 5.41) is 10.4. The van der Waals surface area contributed by atoms with Gasteiger partial charge in [-0.2, -0.15) is 0 Å². The molecule has 1 amide bonds. The molecule has 32 heavy (non-hydrogen) atoms. The van der Waals surface area contributed by atoms with E-state index >= 15 is 0 Å². The van der Waals surface area contributed by atoms with Gasteiger partial charge in [0, 0.05) is 17.5 Å². The number of benzene rings is 2. The van der Waals surface area contributed by atoms with Crippen molar-refractivity contribution in [1.82, 2.24) is 14.9 Å². The number of aryl methyl sites for hydroxylation is 2. The van der Waals surface area contributed by atoms with E-state index in [0.29, 0.717) is 17.7 Å². The number of sulfonamides is 1. The van der Waals surface area contributed by atoms with E-state index in [9.17, 15) is 13.2 Å². The standard InChI is InChI=1S/C22H24N4O4S2/c1-13-6-5-7-15(10-13)19(27)23-20-24-25-21(31-20)32(28,29)26-17-12-22(3,4)30-18-11-14(2)8-9-16(17)18/h5-11,17,26H,12H2,1-4H3,(H,23,24,27). The lowest BCUT2D eigenvalue weighted by atomic mass is 9.90. The van der Waals surface area contributed by atoms with E-state index in [2.05, 4.69) is 20.2 Å². The van der Waals surface area contributed by atoms with E-state index < -0.39 is 21.7 Å². The van der Waals surface area contributed by atoms with Crippen LogP contribution in [0.15, 0.2) is 46.8 Å². The summed E-state index contributed by atoms with van der Waals surface area (Å²) in [5.41, 5.74) is 2.66. The number of carbonyl (C=O) groups excluding carboxylic acids is 1. The third kappa shape index (κ3) is 4.82. The van der Waals surface area contributed by atoms with Crippen molar-refractivity contribution >= 4 is 32.4 Å². The lowest BCUT2D eigenvalue weighted by Crippen LogP contribution is -2.41. The number of hydrogen-bond donors (Lipinski definition) is 2. The molecular weight excluding hydrogens is 448 g/mol. The Kier molecular flexibility index (Phi) is 5.78. The van der Waals surface area contributed by atoms with Crippen LogP contribution in [0.1, 0.15) is 53.4 Å². The minimum Gasteiger partial charge on any atom is -0.487 e. The number of carbonyl (C=O) groups is 1. The Morgan fingerprint density at radius 2 is 1.88 bits per heavy atom. The van der Waals surface area contributed by atoms with Crippen LogP contribution in [0, 0.1) is 13.8 Å². The van der Waals surface area contributed by atoms with Gasteiger partial charge in [-0.1, -0.05) is 41.2 Å². The van der Waals surface area contributed by atoms with Crippen LogP contribution in [0.2, 0.25) is 0 Å². The van der Waals surface area contributed by atoms with Crippen LogP contribution in [-0.4, -0.2) is 30.1 Å². The first-order valence-electron chi connectivity index (χ1n) is 10.1. The summed E-state index contributed by atoms with van der Waals surface area (Å²) in [5.74, 6) is 0.287. The molecule has 0 radical (unpaired) electrons. The molecule has 2 aromatic carbocycles. The van der Waals surface area contributed by atoms with Crippen molar-refractivity contribution < 1.29 is 17.9 Å². The molecule has 0 saturated heterocycles. The Bertz CT molecular complexity index is 1280. The predicted octanol–water partition coefficient (Wildman–Crippen LogP) is 3.99. The van der Waals surface area contributed by atoms with Crippen molar-refractivity contribution in [2.24, 2.45) is 0 Å². The number of nitrogens with one attached hydrogen (secondary N) is 2. The number of amides is 1. The first-order chi connectivity index (χ1) is 15.0. The molecule has 10 heteroatoms. The highest BCUT2D eigenvalue weighted by atomic mass is 32.2. The number of fused-ring (bicyclic) bond motifs is 1. The maximum atomic E-state index is 13.0. The largest absolute Gasteiger partial charge is 0.487 e. The molecular formula is C22H24N4O4S2. The lowest BCUT2D eigenvalue weighted by Gasteiger charge is -2.37. The van der Waals surface area contributed by atoms with Gasteiger partial charge in [-0.05, 0) is 51.5 Å². The number of ether oxygens (including phenoxy) is 1. The third-order valence-electron chi connectivity index (χ3n) is 5.06. The van der Waals surface area contributed by atoms with Gasteiger partial charge in [-0.15, -0.1) is 10.2 Å². The van der Waals surface area contributed by atoms with Crippen LogP contribution in [-0.2, 0) is 10.0 Å². The Labute approximate surface area is 191 Å². The second kappa shape index (κ2) is 8.27. The zero-order chi connectivity index (χ0) is 23.1. The summed E-state index contributed by atoms with van der Waals surface area (Å²) in [6, 6.07) is 12.3. The molecule has 1 aliphatic rings. The van der Waals surface area contributed by atoms with Crippen molar-refractivity contribution in [2.75, 3.05) is 5.32 Å². The second-order valence-electron chi connectivity index (χ2n) is 8.48. The predicted molar refractivity (Wildman–Crippen MR) is 123 cm³/mol. The van der Waals surface area contributed by atoms with Gasteiger partial charge >= 0.3 is 0 Å². The Balaban J connectivity index is 1.54. The fraction of sp³-hybridized carbons (Fsp3) is 0.318. The van der Waals surface area contributed by atoms with E-state index in [-0.39, 0.29) is 15.4 Å². The highest BCUT2D eigenvalue weighted by Crippen LogP contribution is 2.40. The summed E-state index contributed by atoms with van der Waals surface area (Å²) in [6.45, 7) is 7.68. The average molecular weight is 473 g/mol. The molecule has 168 valence electrons. The van der Waals surface area contributed by atoms with Crippen molar-refractivity contribution in [3.8, 4) is 5.75 Å². The zero-order valence-corrected chi connectivity index (χ0v) is 19.8. The second-order valence-corrected chi connectivity index (χ2v) is 11.3. The number of anilines is 1. The van der Waals surface area contributed by atoms with Gasteiger partial charge in [0.15, 0.2) is 0 Å². The van der Waals surface area contributed by atoms with Crippen LogP contribution >= 0.6 is 11.3 Å². The third-order valence-corrected chi connectivity index (χ3v) is 7.74. The fourth-order valence-corrected chi connectivity index (χ4v) is 5.75. The molecule has 1 atom stereocenters. The summed E-state index contributed by atoms with van der Waals surface area (Å²) in [6.07, 6.45) is 0.456. The molecule has 0 aliphatic carbocycles. The van der Waals surface area contributed by atoms with Gasteiger partial charge in [-0.25, -0.2) is 13.1 Å². The number of aromatic nitrogens is 2. The molecule has 0 bridgehead atoms. The van der Waals surface area contributed by atoms with Crippen LogP contribution in [0.4, 0.5) is 5.13 Å². The van der Waals surface area contributed by atoms with Gasteiger partial charge in [0.1, 0.15) is 11.4 Å². The Morgan fingerprint density at radius 1 is 1.12 bits per heavy atom. The van der Waals surface area contributed by atoms with Crippen LogP contribution in [0.3, 0.4) is 0 Å². The number of rotatable bonds is 5. The van der Waals surface area contributed by atoms with E-state index in [0.717, 1.165) is 28.0 Å². The first-order valence-corrected chi connectivity index (χ1v) is 12.4. The topological polar surface area (TPSA) is 110 Å². The van der Waals surface area contributed by atoms with Gasteiger partial charge in [0.05, 0.1) is 6.04 Å². The highest BCUT2D eigenvalue weighted by Gasteiger charge is 2.37. The van der Waals surface area contributed by atoms with Crippen LogP contribution in [0.25, 0.3) is 0 Å². The Hall–Kier alpha value is -2.82. The highest BCUT2D eigenvalue weighted by molar-refractivity contribution is 7.91. The number of hydrogen-bond acceptors (Lipinski definition) is 7. The summed E-state index contributed by atoms with van der Waals surface area (Å²) >= 11 is 0.803. The molecule has 8 nitrogen and oxygen atoms in total. The fourth-order valence-electron chi connectivity index (χ4n) is 3.63. The quantitative estimate of drug-likeness (QED) is 0.544. The van der Waals surface area contributed by atoms with Crippen LogP contribution in [0.5, 0.6) is 5.75 Å². The molecule has 1 aromatic heterocycles. The van der Waals surface area contributed by atoms with Gasteiger partial charge < -0.3 is 4.74 Å². The minimum atomic E-state index is -3.96. The van der Waals surface area contributed by atoms with Gasteiger partial charge in [0.25, 0.3) is 15.9 Å². The molecule has 2 heterocycles. The normalized spacial score (nSPS) is 17.3. The molecule has 1 aliphatic heterocycles. The monoisotopic (exact) mass is 472 g/mol. The van der Waals surface area contributed by atoms with E-state index in [1.165, 1.54) is 0 Å². The SMILES string of the molecule is Cc1cccc(C(=O)Nc2nnc(S(=O)(=O)NC3CC(C)(C)Oc4cc(C)ccc43)s2)c1. The molecule has 1 unspecified atom stereocenters.